The van der Waals surface area contributed by atoms with Crippen LogP contribution in [0, 0.1) is 17.7 Å². The topological polar surface area (TPSA) is 85.9 Å². The molecule has 2 saturated heterocycles. The Morgan fingerprint density at radius 2 is 1.85 bits per heavy atom. The number of fused-ring (bicyclic) bond motifs is 3. The fraction of sp³-hybridized carbons (Fsp3) is 0.467. The smallest absolute Gasteiger partial charge is 0.236 e. The molecule has 2 atom stereocenters. The number of amides is 2. The summed E-state index contributed by atoms with van der Waals surface area (Å²) >= 11 is 0. The summed E-state index contributed by atoms with van der Waals surface area (Å²) in [4.78, 5) is 30.1. The van der Waals surface area contributed by atoms with Crippen molar-refractivity contribution in [1.82, 2.24) is 20.9 Å². The molecular weight excluding hydrogens is 568 g/mol. The van der Waals surface area contributed by atoms with E-state index in [0.29, 0.717) is 39.2 Å². The first-order valence-corrected chi connectivity index (χ1v) is 13.9. The Labute approximate surface area is 253 Å². The van der Waals surface area contributed by atoms with Crippen LogP contribution in [0.1, 0.15) is 24.0 Å². The number of halogens is 3. The molecule has 3 N–H and O–H groups in total. The van der Waals surface area contributed by atoms with Crippen molar-refractivity contribution in [1.29, 1.82) is 0 Å². The van der Waals surface area contributed by atoms with Crippen LogP contribution in [-0.4, -0.2) is 69.1 Å². The number of carbonyl (C=O) groups is 2. The van der Waals surface area contributed by atoms with E-state index in [9.17, 15) is 14.0 Å². The number of piperazine rings is 1. The first-order valence-electron chi connectivity index (χ1n) is 13.9. The molecule has 0 aliphatic carbocycles. The van der Waals surface area contributed by atoms with Gasteiger partial charge in [-0.1, -0.05) is 24.3 Å². The second kappa shape index (κ2) is 16.0. The number of ether oxygens (including phenoxy) is 1. The Kier molecular flexibility index (Phi) is 12.7. The zero-order chi connectivity index (χ0) is 27.0. The number of nitrogens with zero attached hydrogens (tertiary/aromatic N) is 2. The van der Waals surface area contributed by atoms with Crippen molar-refractivity contribution in [3.8, 4) is 5.75 Å². The molecule has 3 aliphatic heterocycles. The molecule has 0 unspecified atom stereocenters. The van der Waals surface area contributed by atoms with Gasteiger partial charge in [0.2, 0.25) is 11.8 Å². The summed E-state index contributed by atoms with van der Waals surface area (Å²) in [5, 5.41) is 9.64. The van der Waals surface area contributed by atoms with Gasteiger partial charge in [-0.2, -0.15) is 0 Å². The molecule has 11 heteroatoms. The summed E-state index contributed by atoms with van der Waals surface area (Å²) < 4.78 is 19.6. The van der Waals surface area contributed by atoms with E-state index in [2.05, 4.69) is 39.1 Å². The van der Waals surface area contributed by atoms with Gasteiger partial charge in [-0.15, -0.1) is 24.8 Å². The molecule has 0 spiro atoms. The number of anilines is 1. The van der Waals surface area contributed by atoms with Gasteiger partial charge in [0.1, 0.15) is 18.2 Å². The van der Waals surface area contributed by atoms with Gasteiger partial charge in [0, 0.05) is 70.0 Å². The summed E-state index contributed by atoms with van der Waals surface area (Å²) in [6.45, 7) is 6.61. The van der Waals surface area contributed by atoms with E-state index in [0.717, 1.165) is 49.5 Å². The predicted molar refractivity (Wildman–Crippen MR) is 163 cm³/mol. The molecule has 41 heavy (non-hydrogen) atoms. The second-order valence-electron chi connectivity index (χ2n) is 10.5. The summed E-state index contributed by atoms with van der Waals surface area (Å²) in [5.74, 6) is 0.683. The molecule has 2 amide bonds. The maximum atomic E-state index is 13.5. The Morgan fingerprint density at radius 1 is 1.02 bits per heavy atom. The van der Waals surface area contributed by atoms with Crippen LogP contribution in [0.2, 0.25) is 0 Å². The van der Waals surface area contributed by atoms with E-state index in [1.54, 1.807) is 12.1 Å². The van der Waals surface area contributed by atoms with Crippen LogP contribution in [-0.2, 0) is 22.7 Å². The molecule has 0 saturated carbocycles. The van der Waals surface area contributed by atoms with Crippen molar-refractivity contribution >= 4 is 42.3 Å². The van der Waals surface area contributed by atoms with Crippen LogP contribution in [0.15, 0.2) is 54.6 Å². The van der Waals surface area contributed by atoms with Gasteiger partial charge in [0.05, 0.1) is 6.54 Å². The first-order chi connectivity index (χ1) is 19.0. The number of rotatable bonds is 5. The van der Waals surface area contributed by atoms with E-state index in [4.69, 9.17) is 4.74 Å². The third kappa shape index (κ3) is 9.07. The minimum absolute atomic E-state index is 0. The maximum absolute atomic E-state index is 13.5. The van der Waals surface area contributed by atoms with E-state index in [1.165, 1.54) is 17.8 Å². The van der Waals surface area contributed by atoms with Gasteiger partial charge < -0.3 is 30.5 Å². The van der Waals surface area contributed by atoms with Gasteiger partial charge in [-0.3, -0.25) is 9.59 Å². The maximum Gasteiger partial charge on any atom is 0.236 e. The highest BCUT2D eigenvalue weighted by molar-refractivity contribution is 5.85. The Morgan fingerprint density at radius 3 is 2.66 bits per heavy atom. The van der Waals surface area contributed by atoms with Crippen LogP contribution >= 0.6 is 24.8 Å². The molecule has 3 aliphatic rings. The Bertz CT molecular complexity index is 1190. The van der Waals surface area contributed by atoms with E-state index in [1.807, 2.05) is 17.0 Å². The summed E-state index contributed by atoms with van der Waals surface area (Å²) in [5.41, 5.74) is 2.94. The normalized spacial score (nSPS) is 21.8. The molecule has 0 radical (unpaired) electrons. The zero-order valence-electron chi connectivity index (χ0n) is 23.1. The fourth-order valence-corrected chi connectivity index (χ4v) is 5.64. The minimum Gasteiger partial charge on any atom is -0.489 e. The first kappa shape index (κ1) is 32.7. The van der Waals surface area contributed by atoms with Gasteiger partial charge in [0.25, 0.3) is 0 Å². The van der Waals surface area contributed by atoms with Crippen LogP contribution < -0.4 is 25.6 Å². The lowest BCUT2D eigenvalue weighted by Gasteiger charge is -2.37. The lowest BCUT2D eigenvalue weighted by Crippen LogP contribution is -2.47. The minimum atomic E-state index is -0.313. The highest BCUT2D eigenvalue weighted by atomic mass is 35.5. The number of piperidine rings is 1. The summed E-state index contributed by atoms with van der Waals surface area (Å²) in [6, 6.07) is 12.6. The van der Waals surface area contributed by atoms with Crippen molar-refractivity contribution in [2.45, 2.75) is 25.9 Å². The molecule has 0 aromatic heterocycles. The zero-order valence-corrected chi connectivity index (χ0v) is 24.8. The molecule has 3 heterocycles. The third-order valence-corrected chi connectivity index (χ3v) is 7.82. The van der Waals surface area contributed by atoms with Gasteiger partial charge in [-0.05, 0) is 54.2 Å². The average Bonchev–Trinajstić information content (AvgIpc) is 2.96. The molecular formula is C30H40Cl2FN5O3. The molecule has 2 aromatic rings. The lowest BCUT2D eigenvalue weighted by molar-refractivity contribution is -0.132. The number of hydrogen-bond acceptors (Lipinski definition) is 6. The largest absolute Gasteiger partial charge is 0.489 e. The molecule has 2 aromatic carbocycles. The standard InChI is InChI=1S/C30H38FN5O3.2ClH/c31-26-5-1-3-22(15-26)18-34-29(37)17-23-8-11-36-21-24(23)4-2-14-39-28-7-6-27(35-12-9-32-10-13-35)16-25(28)19-33-20-30(36)38;;/h1-7,15-16,23-24,32-33H,8-14,17-21H2,(H,34,37);2*1H/b4-2+;;/t23-,24-;;/m0../s1. The van der Waals surface area contributed by atoms with Gasteiger partial charge in [-0.25, -0.2) is 4.39 Å². The predicted octanol–water partition coefficient (Wildman–Crippen LogP) is 3.29. The van der Waals surface area contributed by atoms with E-state index < -0.39 is 0 Å². The monoisotopic (exact) mass is 607 g/mol. The van der Waals surface area contributed by atoms with Crippen molar-refractivity contribution < 1.29 is 18.7 Å². The molecule has 224 valence electrons. The van der Waals surface area contributed by atoms with Crippen molar-refractivity contribution in [2.24, 2.45) is 11.8 Å². The van der Waals surface area contributed by atoms with Crippen molar-refractivity contribution in [2.75, 3.05) is 57.3 Å². The number of hydrogen-bond donors (Lipinski definition) is 3. The molecule has 2 bridgehead atoms. The van der Waals surface area contributed by atoms with E-state index in [-0.39, 0.29) is 60.8 Å². The van der Waals surface area contributed by atoms with Crippen molar-refractivity contribution in [3.63, 3.8) is 0 Å². The third-order valence-electron chi connectivity index (χ3n) is 7.82. The fourth-order valence-electron chi connectivity index (χ4n) is 5.64. The number of nitrogens with one attached hydrogen (secondary N) is 3. The SMILES string of the molecule is Cl.Cl.O=C(C[C@@H]1CCN2C[C@@H]1/C=C/COc1ccc(N3CCNCC3)cc1CNCC2=O)NCc1cccc(F)c1. The van der Waals surface area contributed by atoms with Crippen molar-refractivity contribution in [3.05, 3.63) is 71.6 Å². The van der Waals surface area contributed by atoms with Crippen LogP contribution in [0.25, 0.3) is 0 Å². The highest BCUT2D eigenvalue weighted by Gasteiger charge is 2.31. The van der Waals surface area contributed by atoms with Crippen LogP contribution in [0.4, 0.5) is 10.1 Å². The average molecular weight is 609 g/mol. The quantitative estimate of drug-likeness (QED) is 0.452. The summed E-state index contributed by atoms with van der Waals surface area (Å²) in [6.07, 6.45) is 5.23. The Hall–Kier alpha value is -2.85. The molecule has 2 fully saturated rings. The lowest BCUT2D eigenvalue weighted by atomic mass is 9.82. The van der Waals surface area contributed by atoms with Gasteiger partial charge in [0.15, 0.2) is 0 Å². The Balaban J connectivity index is 0.00000231. The summed E-state index contributed by atoms with van der Waals surface area (Å²) in [7, 11) is 0. The number of carbonyl (C=O) groups excluding carboxylic acids is 2. The second-order valence-corrected chi connectivity index (χ2v) is 10.5. The molecule has 5 rings (SSSR count). The number of benzene rings is 2. The van der Waals surface area contributed by atoms with Crippen LogP contribution in [0.5, 0.6) is 5.75 Å². The van der Waals surface area contributed by atoms with Gasteiger partial charge >= 0.3 is 0 Å². The van der Waals surface area contributed by atoms with Crippen LogP contribution in [0.3, 0.4) is 0 Å². The highest BCUT2D eigenvalue weighted by Crippen LogP contribution is 2.29. The van der Waals surface area contributed by atoms with E-state index >= 15 is 0 Å². The molecule has 8 nitrogen and oxygen atoms in total.